The van der Waals surface area contributed by atoms with Crippen molar-refractivity contribution in [1.29, 1.82) is 0 Å². The molecule has 3 aromatic heterocycles. The predicted molar refractivity (Wildman–Crippen MR) is 121 cm³/mol. The smallest absolute Gasteiger partial charge is 0.177 e. The SMILES string of the molecule is CC(C)CCNCCn1c(Sc2nc3cccc(Cl)c3s2)nc2c(N)ncnc21. The van der Waals surface area contributed by atoms with Crippen LogP contribution in [0.1, 0.15) is 20.3 Å². The zero-order chi connectivity index (χ0) is 20.4. The van der Waals surface area contributed by atoms with E-state index >= 15 is 0 Å². The first-order valence-corrected chi connectivity index (χ1v) is 11.4. The average Bonchev–Trinajstić information content (AvgIpc) is 3.25. The lowest BCUT2D eigenvalue weighted by molar-refractivity contribution is 0.513. The van der Waals surface area contributed by atoms with E-state index in [1.54, 1.807) is 11.3 Å². The quantitative estimate of drug-likeness (QED) is 0.385. The van der Waals surface area contributed by atoms with Gasteiger partial charge in [-0.2, -0.15) is 0 Å². The van der Waals surface area contributed by atoms with Gasteiger partial charge in [0, 0.05) is 13.1 Å². The van der Waals surface area contributed by atoms with Gasteiger partial charge in [0.25, 0.3) is 0 Å². The van der Waals surface area contributed by atoms with E-state index in [1.807, 2.05) is 18.2 Å². The number of hydrogen-bond acceptors (Lipinski definition) is 8. The third-order valence-electron chi connectivity index (χ3n) is 4.46. The molecule has 0 amide bonds. The number of halogens is 1. The number of hydrogen-bond donors (Lipinski definition) is 2. The van der Waals surface area contributed by atoms with Crippen LogP contribution in [-0.2, 0) is 6.54 Å². The van der Waals surface area contributed by atoms with Crippen LogP contribution >= 0.6 is 34.7 Å². The molecule has 3 N–H and O–H groups in total. The minimum Gasteiger partial charge on any atom is -0.382 e. The summed E-state index contributed by atoms with van der Waals surface area (Å²) in [6, 6.07) is 5.75. The summed E-state index contributed by atoms with van der Waals surface area (Å²) in [7, 11) is 0. The second-order valence-corrected chi connectivity index (χ2v) is 9.70. The number of aromatic nitrogens is 5. The number of nitrogen functional groups attached to an aromatic ring is 1. The molecule has 0 spiro atoms. The normalized spacial score (nSPS) is 11.9. The highest BCUT2D eigenvalue weighted by molar-refractivity contribution is 8.01. The molecule has 0 saturated heterocycles. The van der Waals surface area contributed by atoms with Crippen LogP contribution in [0.25, 0.3) is 21.4 Å². The van der Waals surface area contributed by atoms with Gasteiger partial charge < -0.3 is 15.6 Å². The third kappa shape index (κ3) is 4.48. The molecule has 29 heavy (non-hydrogen) atoms. The molecule has 1 aromatic carbocycles. The number of imidazole rings is 1. The maximum atomic E-state index is 6.31. The van der Waals surface area contributed by atoms with Crippen molar-refractivity contribution in [2.24, 2.45) is 5.92 Å². The second kappa shape index (κ2) is 8.83. The van der Waals surface area contributed by atoms with Crippen LogP contribution in [0.2, 0.25) is 5.02 Å². The predicted octanol–water partition coefficient (Wildman–Crippen LogP) is 4.46. The Morgan fingerprint density at radius 1 is 1.24 bits per heavy atom. The highest BCUT2D eigenvalue weighted by atomic mass is 35.5. The second-order valence-electron chi connectivity index (χ2n) is 7.08. The van der Waals surface area contributed by atoms with Crippen LogP contribution in [-0.4, -0.2) is 37.6 Å². The van der Waals surface area contributed by atoms with Gasteiger partial charge in [0.15, 0.2) is 26.5 Å². The van der Waals surface area contributed by atoms with E-state index in [1.165, 1.54) is 18.1 Å². The number of anilines is 1. The number of nitrogens with one attached hydrogen (secondary N) is 1. The van der Waals surface area contributed by atoms with Crippen LogP contribution < -0.4 is 11.1 Å². The highest BCUT2D eigenvalue weighted by Gasteiger charge is 2.18. The Kier molecular flexibility index (Phi) is 6.19. The van der Waals surface area contributed by atoms with Gasteiger partial charge in [-0.25, -0.2) is 19.9 Å². The molecule has 0 atom stereocenters. The summed E-state index contributed by atoms with van der Waals surface area (Å²) in [5.41, 5.74) is 8.29. The lowest BCUT2D eigenvalue weighted by Gasteiger charge is -2.09. The van der Waals surface area contributed by atoms with E-state index in [2.05, 4.69) is 33.7 Å². The summed E-state index contributed by atoms with van der Waals surface area (Å²) in [5.74, 6) is 1.07. The highest BCUT2D eigenvalue weighted by Crippen LogP contribution is 2.38. The summed E-state index contributed by atoms with van der Waals surface area (Å²) in [6.45, 7) is 6.99. The fraction of sp³-hybridized carbons (Fsp3) is 0.368. The van der Waals surface area contributed by atoms with Crippen LogP contribution in [0.4, 0.5) is 5.82 Å². The van der Waals surface area contributed by atoms with Gasteiger partial charge in [-0.1, -0.05) is 31.5 Å². The van der Waals surface area contributed by atoms with Gasteiger partial charge in [-0.05, 0) is 42.8 Å². The van der Waals surface area contributed by atoms with Crippen LogP contribution in [0, 0.1) is 5.92 Å². The first kappa shape index (κ1) is 20.3. The molecule has 0 radical (unpaired) electrons. The molecule has 4 aromatic rings. The Balaban J connectivity index is 1.61. The molecule has 0 aliphatic rings. The van der Waals surface area contributed by atoms with Crippen molar-refractivity contribution in [2.45, 2.75) is 36.3 Å². The Morgan fingerprint density at radius 2 is 2.10 bits per heavy atom. The summed E-state index contributed by atoms with van der Waals surface area (Å²) in [6.07, 6.45) is 2.63. The molecule has 0 saturated carbocycles. The van der Waals surface area contributed by atoms with E-state index in [9.17, 15) is 0 Å². The van der Waals surface area contributed by atoms with Crippen molar-refractivity contribution in [3.8, 4) is 0 Å². The molecular formula is C19H22ClN7S2. The summed E-state index contributed by atoms with van der Waals surface area (Å²) in [4.78, 5) is 17.9. The average molecular weight is 448 g/mol. The number of nitrogens with zero attached hydrogens (tertiary/aromatic N) is 5. The first-order valence-electron chi connectivity index (χ1n) is 9.43. The standard InChI is InChI=1S/C19H22ClN7S2/c1-11(2)6-7-22-8-9-27-17-14(16(21)23-10-24-17)26-18(27)29-19-25-13-5-3-4-12(20)15(13)28-19/h3-5,10-11,22H,6-9H2,1-2H3,(H2,21,23,24). The van der Waals surface area contributed by atoms with Gasteiger partial charge >= 0.3 is 0 Å². The van der Waals surface area contributed by atoms with Crippen LogP contribution in [0.5, 0.6) is 0 Å². The van der Waals surface area contributed by atoms with Gasteiger partial charge in [-0.15, -0.1) is 11.3 Å². The lowest BCUT2D eigenvalue weighted by atomic mass is 10.1. The molecule has 7 nitrogen and oxygen atoms in total. The molecular weight excluding hydrogens is 426 g/mol. The Bertz CT molecular complexity index is 1140. The number of rotatable bonds is 8. The monoisotopic (exact) mass is 447 g/mol. The molecule has 0 aliphatic carbocycles. The first-order chi connectivity index (χ1) is 14.0. The minimum atomic E-state index is 0.385. The van der Waals surface area contributed by atoms with E-state index in [0.717, 1.165) is 51.4 Å². The van der Waals surface area contributed by atoms with Crippen molar-refractivity contribution in [1.82, 2.24) is 29.8 Å². The van der Waals surface area contributed by atoms with Gasteiger partial charge in [0.1, 0.15) is 6.33 Å². The number of benzene rings is 1. The van der Waals surface area contributed by atoms with E-state index in [-0.39, 0.29) is 0 Å². The van der Waals surface area contributed by atoms with Crippen molar-refractivity contribution in [3.05, 3.63) is 29.5 Å². The van der Waals surface area contributed by atoms with Gasteiger partial charge in [-0.3, -0.25) is 0 Å². The minimum absolute atomic E-state index is 0.385. The fourth-order valence-corrected chi connectivity index (χ4v) is 5.29. The van der Waals surface area contributed by atoms with Crippen molar-refractivity contribution in [3.63, 3.8) is 0 Å². The van der Waals surface area contributed by atoms with Crippen LogP contribution in [0.3, 0.4) is 0 Å². The summed E-state index contributed by atoms with van der Waals surface area (Å²) < 4.78 is 3.94. The molecule has 10 heteroatoms. The zero-order valence-corrected chi connectivity index (χ0v) is 18.6. The summed E-state index contributed by atoms with van der Waals surface area (Å²) >= 11 is 9.37. The van der Waals surface area contributed by atoms with Gasteiger partial charge in [0.05, 0.1) is 15.2 Å². The number of thiazole rings is 1. The third-order valence-corrected chi connectivity index (χ3v) is 7.05. The Hall–Kier alpha value is -1.94. The summed E-state index contributed by atoms with van der Waals surface area (Å²) in [5, 5.41) is 5.00. The van der Waals surface area contributed by atoms with Crippen molar-refractivity contribution >= 4 is 61.9 Å². The molecule has 0 unspecified atom stereocenters. The molecule has 4 rings (SSSR count). The van der Waals surface area contributed by atoms with Crippen molar-refractivity contribution < 1.29 is 0 Å². The van der Waals surface area contributed by atoms with E-state index in [0.29, 0.717) is 22.3 Å². The largest absolute Gasteiger partial charge is 0.382 e. The van der Waals surface area contributed by atoms with Crippen molar-refractivity contribution in [2.75, 3.05) is 18.8 Å². The van der Waals surface area contributed by atoms with E-state index in [4.69, 9.17) is 27.3 Å². The fourth-order valence-electron chi connectivity index (χ4n) is 2.94. The topological polar surface area (TPSA) is 94.5 Å². The maximum absolute atomic E-state index is 6.31. The Labute approximate surface area is 182 Å². The number of fused-ring (bicyclic) bond motifs is 2. The van der Waals surface area contributed by atoms with E-state index < -0.39 is 0 Å². The van der Waals surface area contributed by atoms with Crippen LogP contribution in [0.15, 0.2) is 34.0 Å². The molecule has 0 aliphatic heterocycles. The van der Waals surface area contributed by atoms with Gasteiger partial charge in [0.2, 0.25) is 0 Å². The molecule has 152 valence electrons. The number of nitrogens with two attached hydrogens (primary N) is 1. The Morgan fingerprint density at radius 3 is 2.90 bits per heavy atom. The molecule has 0 bridgehead atoms. The lowest BCUT2D eigenvalue weighted by Crippen LogP contribution is -2.22. The molecule has 3 heterocycles. The molecule has 0 fully saturated rings. The zero-order valence-electron chi connectivity index (χ0n) is 16.2. The maximum Gasteiger partial charge on any atom is 0.177 e.